The molecule has 0 saturated heterocycles. The zero-order chi connectivity index (χ0) is 17.7. The smallest absolute Gasteiger partial charge is 0.159 e. The van der Waals surface area contributed by atoms with Crippen LogP contribution in [0.15, 0.2) is 79.7 Å². The predicted molar refractivity (Wildman–Crippen MR) is 97.0 cm³/mol. The topological polar surface area (TPSA) is 12.0 Å². The molecular weight excluding hydrogens is 304 g/mol. The maximum Gasteiger partial charge on any atom is 0.159 e. The Kier molecular flexibility index (Phi) is 5.48. The van der Waals surface area contributed by atoms with Gasteiger partial charge in [0.1, 0.15) is 0 Å². The third kappa shape index (κ3) is 4.29. The first-order valence-corrected chi connectivity index (χ1v) is 7.42. The molecule has 24 heavy (non-hydrogen) atoms. The van der Waals surface area contributed by atoms with Crippen molar-refractivity contribution in [2.45, 2.75) is 6.92 Å². The summed E-state index contributed by atoms with van der Waals surface area (Å²) in [7, 11) is 0. The molecule has 0 heterocycles. The maximum absolute atomic E-state index is 13.6. The van der Waals surface area contributed by atoms with Crippen molar-refractivity contribution in [1.29, 1.82) is 0 Å². The number of aryl methyl sites for hydroxylation is 1. The van der Waals surface area contributed by atoms with Crippen molar-refractivity contribution in [3.05, 3.63) is 108 Å². The number of allylic oxidation sites excluding steroid dienone is 2. The monoisotopic (exact) mass is 323 g/mol. The zero-order valence-corrected chi connectivity index (χ0v) is 13.6. The Morgan fingerprint density at radius 2 is 1.67 bits per heavy atom. The molecule has 1 nitrogen and oxygen atoms in total. The van der Waals surface area contributed by atoms with Gasteiger partial charge < -0.3 is 5.32 Å². The van der Waals surface area contributed by atoms with E-state index in [4.69, 9.17) is 0 Å². The SMILES string of the molecule is C=CC(=C)NC(=C)/C(=C/c1ccc(C)cc1)c1ccc(F)c(F)c1. The second-order valence-electron chi connectivity index (χ2n) is 5.43. The molecule has 0 aromatic heterocycles. The molecular formula is C21H19F2N. The van der Waals surface area contributed by atoms with Crippen LogP contribution in [0.25, 0.3) is 11.6 Å². The van der Waals surface area contributed by atoms with Crippen molar-refractivity contribution >= 4 is 11.6 Å². The van der Waals surface area contributed by atoms with Gasteiger partial charge in [-0.3, -0.25) is 0 Å². The van der Waals surface area contributed by atoms with Gasteiger partial charge in [-0.05, 0) is 42.3 Å². The van der Waals surface area contributed by atoms with Gasteiger partial charge in [0.2, 0.25) is 0 Å². The summed E-state index contributed by atoms with van der Waals surface area (Å²) >= 11 is 0. The average Bonchev–Trinajstić information content (AvgIpc) is 2.56. The molecule has 1 N–H and O–H groups in total. The Balaban J connectivity index is 2.49. The van der Waals surface area contributed by atoms with E-state index in [0.29, 0.717) is 22.5 Å². The van der Waals surface area contributed by atoms with Gasteiger partial charge in [0.15, 0.2) is 11.6 Å². The number of nitrogens with one attached hydrogen (secondary N) is 1. The van der Waals surface area contributed by atoms with E-state index in [0.717, 1.165) is 23.3 Å². The van der Waals surface area contributed by atoms with E-state index in [9.17, 15) is 8.78 Å². The molecule has 2 rings (SSSR count). The number of benzene rings is 2. The molecule has 2 aromatic rings. The van der Waals surface area contributed by atoms with Gasteiger partial charge in [-0.2, -0.15) is 0 Å². The molecule has 0 aliphatic rings. The number of rotatable bonds is 6. The van der Waals surface area contributed by atoms with Crippen molar-refractivity contribution < 1.29 is 8.78 Å². The first kappa shape index (κ1) is 17.4. The zero-order valence-electron chi connectivity index (χ0n) is 13.6. The van der Waals surface area contributed by atoms with Crippen LogP contribution in [0.4, 0.5) is 8.78 Å². The highest BCUT2D eigenvalue weighted by atomic mass is 19.2. The van der Waals surface area contributed by atoms with Crippen LogP contribution in [-0.2, 0) is 0 Å². The molecule has 0 saturated carbocycles. The third-order valence-electron chi connectivity index (χ3n) is 3.50. The van der Waals surface area contributed by atoms with E-state index in [2.05, 4.69) is 25.1 Å². The minimum atomic E-state index is -0.905. The lowest BCUT2D eigenvalue weighted by Gasteiger charge is -2.14. The van der Waals surface area contributed by atoms with E-state index in [1.54, 1.807) is 6.08 Å². The molecule has 0 fully saturated rings. The summed E-state index contributed by atoms with van der Waals surface area (Å²) in [6.07, 6.45) is 3.41. The summed E-state index contributed by atoms with van der Waals surface area (Å²) in [6, 6.07) is 11.6. The van der Waals surface area contributed by atoms with E-state index in [1.165, 1.54) is 6.07 Å². The van der Waals surface area contributed by atoms with Gasteiger partial charge in [0, 0.05) is 17.0 Å². The van der Waals surface area contributed by atoms with Gasteiger partial charge in [-0.1, -0.05) is 55.6 Å². The molecule has 0 aliphatic heterocycles. The fourth-order valence-corrected chi connectivity index (χ4v) is 2.15. The number of hydrogen-bond donors (Lipinski definition) is 1. The second-order valence-corrected chi connectivity index (χ2v) is 5.43. The minimum absolute atomic E-state index is 0.517. The van der Waals surface area contributed by atoms with Crippen LogP contribution in [0.1, 0.15) is 16.7 Å². The van der Waals surface area contributed by atoms with Crippen LogP contribution < -0.4 is 5.32 Å². The Labute approximate surface area is 141 Å². The van der Waals surface area contributed by atoms with Crippen molar-refractivity contribution in [2.24, 2.45) is 0 Å². The Morgan fingerprint density at radius 1 is 1.00 bits per heavy atom. The van der Waals surface area contributed by atoms with E-state index >= 15 is 0 Å². The Bertz CT molecular complexity index is 814. The Hall–Kier alpha value is -2.94. The average molecular weight is 323 g/mol. The standard InChI is InChI=1S/C21H19F2N/c1-5-15(3)24-16(4)19(12-17-8-6-14(2)7-9-17)18-10-11-20(22)21(23)13-18/h5-13,24H,1,3-4H2,2H3/b19-12-. The molecule has 122 valence electrons. The quantitative estimate of drug-likeness (QED) is 0.537. The van der Waals surface area contributed by atoms with Gasteiger partial charge in [0.05, 0.1) is 0 Å². The van der Waals surface area contributed by atoms with Crippen molar-refractivity contribution in [3.63, 3.8) is 0 Å². The molecule has 0 aliphatic carbocycles. The van der Waals surface area contributed by atoms with Crippen LogP contribution >= 0.6 is 0 Å². The molecule has 0 bridgehead atoms. The number of halogens is 2. The summed E-state index contributed by atoms with van der Waals surface area (Å²) < 4.78 is 26.9. The fourth-order valence-electron chi connectivity index (χ4n) is 2.15. The molecule has 0 atom stereocenters. The van der Waals surface area contributed by atoms with E-state index < -0.39 is 11.6 Å². The van der Waals surface area contributed by atoms with Crippen molar-refractivity contribution in [1.82, 2.24) is 5.32 Å². The van der Waals surface area contributed by atoms with E-state index in [-0.39, 0.29) is 0 Å². The summed E-state index contributed by atoms with van der Waals surface area (Å²) in [5.41, 5.74) is 4.31. The first-order valence-electron chi connectivity index (χ1n) is 7.42. The first-order chi connectivity index (χ1) is 11.4. The highest BCUT2D eigenvalue weighted by Crippen LogP contribution is 2.26. The van der Waals surface area contributed by atoms with Crippen LogP contribution in [0, 0.1) is 18.6 Å². The second kappa shape index (κ2) is 7.55. The van der Waals surface area contributed by atoms with Crippen molar-refractivity contribution in [3.8, 4) is 0 Å². The fraction of sp³-hybridized carbons (Fsp3) is 0.0476. The van der Waals surface area contributed by atoms with Gasteiger partial charge in [-0.25, -0.2) is 8.78 Å². The summed E-state index contributed by atoms with van der Waals surface area (Å²) in [4.78, 5) is 0. The third-order valence-corrected chi connectivity index (χ3v) is 3.50. The summed E-state index contributed by atoms with van der Waals surface area (Å²) in [5, 5.41) is 3.00. The van der Waals surface area contributed by atoms with Crippen LogP contribution in [-0.4, -0.2) is 0 Å². The van der Waals surface area contributed by atoms with Crippen LogP contribution in [0.3, 0.4) is 0 Å². The lowest BCUT2D eigenvalue weighted by molar-refractivity contribution is 0.508. The van der Waals surface area contributed by atoms with Crippen LogP contribution in [0.5, 0.6) is 0 Å². The lowest BCUT2D eigenvalue weighted by atomic mass is 9.99. The molecule has 2 aromatic carbocycles. The van der Waals surface area contributed by atoms with Gasteiger partial charge in [-0.15, -0.1) is 0 Å². The summed E-state index contributed by atoms with van der Waals surface area (Å²) in [6.45, 7) is 13.4. The van der Waals surface area contributed by atoms with E-state index in [1.807, 2.05) is 37.3 Å². The highest BCUT2D eigenvalue weighted by molar-refractivity contribution is 5.90. The maximum atomic E-state index is 13.6. The van der Waals surface area contributed by atoms with Gasteiger partial charge in [0.25, 0.3) is 0 Å². The summed E-state index contributed by atoms with van der Waals surface area (Å²) in [5.74, 6) is -1.79. The normalized spacial score (nSPS) is 11.0. The molecule has 0 unspecified atom stereocenters. The molecule has 0 radical (unpaired) electrons. The lowest BCUT2D eigenvalue weighted by Crippen LogP contribution is -2.11. The molecule has 3 heteroatoms. The van der Waals surface area contributed by atoms with Gasteiger partial charge >= 0.3 is 0 Å². The van der Waals surface area contributed by atoms with Crippen molar-refractivity contribution in [2.75, 3.05) is 0 Å². The predicted octanol–water partition coefficient (Wildman–Crippen LogP) is 5.62. The molecule has 0 spiro atoms. The largest absolute Gasteiger partial charge is 0.356 e. The minimum Gasteiger partial charge on any atom is -0.356 e. The molecule has 0 amide bonds. The highest BCUT2D eigenvalue weighted by Gasteiger charge is 2.10. The Morgan fingerprint density at radius 3 is 2.25 bits per heavy atom. The number of hydrogen-bond acceptors (Lipinski definition) is 1. The van der Waals surface area contributed by atoms with Crippen LogP contribution in [0.2, 0.25) is 0 Å².